The van der Waals surface area contributed by atoms with E-state index in [1.807, 2.05) is 0 Å². The maximum absolute atomic E-state index is 9.81. The van der Waals surface area contributed by atoms with Gasteiger partial charge in [-0.15, -0.1) is 0 Å². The first kappa shape index (κ1) is 19.6. The molecule has 0 saturated heterocycles. The van der Waals surface area contributed by atoms with Gasteiger partial charge in [0.2, 0.25) is 0 Å². The van der Waals surface area contributed by atoms with E-state index in [2.05, 4.69) is 91.8 Å². The molecule has 2 rings (SSSR count). The minimum Gasteiger partial charge on any atom is -0.192 e. The van der Waals surface area contributed by atoms with Crippen LogP contribution in [-0.2, 0) is 10.8 Å². The van der Waals surface area contributed by atoms with Crippen LogP contribution in [0.1, 0.15) is 69.4 Å². The first-order valence-corrected chi connectivity index (χ1v) is 9.59. The Morgan fingerprint density at radius 3 is 1.92 bits per heavy atom. The van der Waals surface area contributed by atoms with Gasteiger partial charge in [-0.3, -0.25) is 0 Å². The highest BCUT2D eigenvalue weighted by Gasteiger charge is 2.22. The summed E-state index contributed by atoms with van der Waals surface area (Å²) in [4.78, 5) is 2.25. The first-order chi connectivity index (χ1) is 11.4. The van der Waals surface area contributed by atoms with Crippen molar-refractivity contribution >= 4 is 11.8 Å². The Labute approximate surface area is 157 Å². The molecule has 25 heavy (non-hydrogen) atoms. The second kappa shape index (κ2) is 6.89. The Balaban J connectivity index is 2.57. The van der Waals surface area contributed by atoms with E-state index in [0.717, 1.165) is 16.0 Å². The normalized spacial score (nSPS) is 12.1. The number of nitrogens with zero attached hydrogens (tertiary/aromatic N) is 1. The van der Waals surface area contributed by atoms with E-state index in [1.54, 1.807) is 11.8 Å². The van der Waals surface area contributed by atoms with Crippen LogP contribution < -0.4 is 0 Å². The Morgan fingerprint density at radius 1 is 0.800 bits per heavy atom. The molecule has 0 atom stereocenters. The van der Waals surface area contributed by atoms with Crippen LogP contribution in [0.5, 0.6) is 0 Å². The highest BCUT2D eigenvalue weighted by molar-refractivity contribution is 7.99. The van der Waals surface area contributed by atoms with Gasteiger partial charge in [-0.1, -0.05) is 65.4 Å². The molecule has 0 fully saturated rings. The molecule has 2 heteroatoms. The predicted octanol–water partition coefficient (Wildman–Crippen LogP) is 6.92. The zero-order valence-corrected chi connectivity index (χ0v) is 17.6. The molecule has 132 valence electrons. The highest BCUT2D eigenvalue weighted by Crippen LogP contribution is 2.38. The largest absolute Gasteiger partial charge is 0.192 e. The molecule has 0 heterocycles. The van der Waals surface area contributed by atoms with Crippen LogP contribution in [0.3, 0.4) is 0 Å². The summed E-state index contributed by atoms with van der Waals surface area (Å²) in [7, 11) is 0. The van der Waals surface area contributed by atoms with Crippen LogP contribution in [0.4, 0.5) is 0 Å². The van der Waals surface area contributed by atoms with E-state index in [1.165, 1.54) is 21.6 Å². The van der Waals surface area contributed by atoms with Crippen LogP contribution in [0, 0.1) is 25.2 Å². The summed E-state index contributed by atoms with van der Waals surface area (Å²) in [6.07, 6.45) is 0. The van der Waals surface area contributed by atoms with Crippen LogP contribution in [0.2, 0.25) is 0 Å². The lowest BCUT2D eigenvalue weighted by Crippen LogP contribution is -2.14. The van der Waals surface area contributed by atoms with Crippen LogP contribution in [0.25, 0.3) is 0 Å². The molecular weight excluding hydrogens is 322 g/mol. The van der Waals surface area contributed by atoms with Crippen LogP contribution in [0.15, 0.2) is 40.1 Å². The summed E-state index contributed by atoms with van der Waals surface area (Å²) < 4.78 is 0. The van der Waals surface area contributed by atoms with Crippen molar-refractivity contribution in [3.8, 4) is 6.07 Å². The van der Waals surface area contributed by atoms with E-state index in [0.29, 0.717) is 0 Å². The lowest BCUT2D eigenvalue weighted by Gasteiger charge is -2.23. The number of hydrogen-bond acceptors (Lipinski definition) is 2. The van der Waals surface area contributed by atoms with Crippen molar-refractivity contribution < 1.29 is 0 Å². The van der Waals surface area contributed by atoms with Crippen molar-refractivity contribution in [2.24, 2.45) is 0 Å². The maximum atomic E-state index is 9.81. The minimum atomic E-state index is -0.0461. The molecule has 0 bridgehead atoms. The molecule has 1 nitrogen and oxygen atoms in total. The van der Waals surface area contributed by atoms with E-state index in [4.69, 9.17) is 0 Å². The van der Waals surface area contributed by atoms with Gasteiger partial charge < -0.3 is 0 Å². The van der Waals surface area contributed by atoms with Crippen molar-refractivity contribution in [3.63, 3.8) is 0 Å². The lowest BCUT2D eigenvalue weighted by atomic mass is 9.83. The van der Waals surface area contributed by atoms with Crippen molar-refractivity contribution in [2.75, 3.05) is 0 Å². The Hall–Kier alpha value is -1.72. The summed E-state index contributed by atoms with van der Waals surface area (Å²) in [5.41, 5.74) is 5.80. The van der Waals surface area contributed by atoms with Crippen LogP contribution in [-0.4, -0.2) is 0 Å². The summed E-state index contributed by atoms with van der Waals surface area (Å²) in [5, 5.41) is 9.81. The van der Waals surface area contributed by atoms with Gasteiger partial charge >= 0.3 is 0 Å². The fraction of sp³-hybridized carbons (Fsp3) is 0.435. The topological polar surface area (TPSA) is 23.8 Å². The van der Waals surface area contributed by atoms with Crippen molar-refractivity contribution in [1.82, 2.24) is 0 Å². The standard InChI is InChI=1S/C23H29NS/c1-15-9-17(22(3,4)5)13-18(10-15)25-21-12-16(2)11-20(19(21)14-24)23(6,7)8/h9-13H,1-8H3. The SMILES string of the molecule is Cc1cc(Sc2cc(C)cc(C(C)(C)C)c2C#N)cc(C(C)(C)C)c1. The number of rotatable bonds is 2. The molecule has 0 aliphatic heterocycles. The maximum Gasteiger partial charge on any atom is 0.101 e. The molecule has 0 spiro atoms. The fourth-order valence-electron chi connectivity index (χ4n) is 2.91. The molecule has 0 aliphatic carbocycles. The minimum absolute atomic E-state index is 0.0461. The third-order valence-electron chi connectivity index (χ3n) is 4.31. The Kier molecular flexibility index (Phi) is 5.40. The third-order valence-corrected chi connectivity index (χ3v) is 5.32. The molecule has 0 amide bonds. The van der Waals surface area contributed by atoms with E-state index >= 15 is 0 Å². The van der Waals surface area contributed by atoms with Gasteiger partial charge in [0.15, 0.2) is 0 Å². The van der Waals surface area contributed by atoms with Gasteiger partial charge in [0, 0.05) is 9.79 Å². The molecule has 2 aromatic carbocycles. The fourth-order valence-corrected chi connectivity index (χ4v) is 4.09. The quantitative estimate of drug-likeness (QED) is 0.586. The smallest absolute Gasteiger partial charge is 0.101 e. The predicted molar refractivity (Wildman–Crippen MR) is 109 cm³/mol. The van der Waals surface area contributed by atoms with Gasteiger partial charge in [-0.05, 0) is 65.1 Å². The van der Waals surface area contributed by atoms with E-state index < -0.39 is 0 Å². The average molecular weight is 352 g/mol. The molecular formula is C23H29NS. The number of benzene rings is 2. The Bertz CT molecular complexity index is 827. The van der Waals surface area contributed by atoms with Gasteiger partial charge in [0.25, 0.3) is 0 Å². The van der Waals surface area contributed by atoms with Crippen molar-refractivity contribution in [2.45, 2.75) is 76.0 Å². The monoisotopic (exact) mass is 351 g/mol. The summed E-state index contributed by atoms with van der Waals surface area (Å²) >= 11 is 1.71. The molecule has 2 aromatic rings. The second-order valence-electron chi connectivity index (χ2n) is 8.93. The van der Waals surface area contributed by atoms with E-state index in [-0.39, 0.29) is 10.8 Å². The molecule has 0 aliphatic rings. The third kappa shape index (κ3) is 4.67. The number of nitriles is 1. The summed E-state index contributed by atoms with van der Waals surface area (Å²) in [5.74, 6) is 0. The molecule has 0 unspecified atom stereocenters. The first-order valence-electron chi connectivity index (χ1n) is 8.77. The zero-order chi connectivity index (χ0) is 19.0. The van der Waals surface area contributed by atoms with Crippen LogP contribution >= 0.6 is 11.8 Å². The summed E-state index contributed by atoms with van der Waals surface area (Å²) in [6, 6.07) is 13.5. The van der Waals surface area contributed by atoms with Gasteiger partial charge in [0.05, 0.1) is 5.56 Å². The van der Waals surface area contributed by atoms with Gasteiger partial charge in [-0.2, -0.15) is 5.26 Å². The zero-order valence-electron chi connectivity index (χ0n) is 16.7. The Morgan fingerprint density at radius 2 is 1.40 bits per heavy atom. The summed E-state index contributed by atoms with van der Waals surface area (Å²) in [6.45, 7) is 17.5. The molecule has 0 aromatic heterocycles. The number of hydrogen-bond donors (Lipinski definition) is 0. The molecule has 0 N–H and O–H groups in total. The number of aryl methyl sites for hydroxylation is 2. The van der Waals surface area contributed by atoms with Gasteiger partial charge in [0.1, 0.15) is 6.07 Å². The second-order valence-corrected chi connectivity index (χ2v) is 10.0. The lowest BCUT2D eigenvalue weighted by molar-refractivity contribution is 0.586. The molecule has 0 saturated carbocycles. The molecule has 0 radical (unpaired) electrons. The van der Waals surface area contributed by atoms with Gasteiger partial charge in [-0.25, -0.2) is 0 Å². The average Bonchev–Trinajstić information content (AvgIpc) is 2.44. The van der Waals surface area contributed by atoms with Crippen molar-refractivity contribution in [1.29, 1.82) is 5.26 Å². The van der Waals surface area contributed by atoms with E-state index in [9.17, 15) is 5.26 Å². The highest BCUT2D eigenvalue weighted by atomic mass is 32.2. The van der Waals surface area contributed by atoms with Crippen molar-refractivity contribution in [3.05, 3.63) is 58.1 Å².